The van der Waals surface area contributed by atoms with E-state index in [9.17, 15) is 9.00 Å². The maximum absolute atomic E-state index is 12.1. The highest BCUT2D eigenvalue weighted by Crippen LogP contribution is 2.27. The molecule has 0 aliphatic heterocycles. The number of carbonyl (C=O) groups is 1. The first kappa shape index (κ1) is 13.1. The van der Waals surface area contributed by atoms with Crippen LogP contribution in [0.4, 0.5) is 5.69 Å². The quantitative estimate of drug-likeness (QED) is 0.787. The third kappa shape index (κ3) is 3.57. The van der Waals surface area contributed by atoms with E-state index in [1.54, 1.807) is 18.2 Å². The molecule has 1 aliphatic rings. The second-order valence-corrected chi connectivity index (χ2v) is 6.18. The van der Waals surface area contributed by atoms with Crippen molar-refractivity contribution in [1.29, 1.82) is 0 Å². The van der Waals surface area contributed by atoms with E-state index >= 15 is 0 Å². The van der Waals surface area contributed by atoms with Crippen LogP contribution in [0.3, 0.4) is 0 Å². The molecule has 0 bridgehead atoms. The highest BCUT2D eigenvalue weighted by Gasteiger charge is 2.22. The molecule has 1 amide bonds. The minimum absolute atomic E-state index is 0.0253. The highest BCUT2D eigenvalue weighted by molar-refractivity contribution is 7.85. The fourth-order valence-corrected chi connectivity index (χ4v) is 2.89. The zero-order chi connectivity index (χ0) is 13.1. The predicted octanol–water partition coefficient (Wildman–Crippen LogP) is 1.21. The van der Waals surface area contributed by atoms with Gasteiger partial charge in [-0.05, 0) is 49.4 Å². The summed E-state index contributed by atoms with van der Waals surface area (Å²) in [6.07, 6.45) is 2.39. The van der Waals surface area contributed by atoms with Crippen molar-refractivity contribution < 1.29 is 9.00 Å². The summed E-state index contributed by atoms with van der Waals surface area (Å²) in [6.45, 7) is 2.57. The molecule has 1 atom stereocenters. The molecule has 98 valence electrons. The second kappa shape index (κ2) is 5.52. The van der Waals surface area contributed by atoms with Crippen molar-refractivity contribution in [1.82, 2.24) is 5.32 Å². The number of hydrogen-bond acceptors (Lipinski definition) is 3. The summed E-state index contributed by atoms with van der Waals surface area (Å²) in [4.78, 5) is 12.3. The van der Waals surface area contributed by atoms with Gasteiger partial charge >= 0.3 is 0 Å². The molecule has 1 fully saturated rings. The first-order chi connectivity index (χ1) is 8.56. The average Bonchev–Trinajstić information content (AvgIpc) is 3.09. The topological polar surface area (TPSA) is 72.2 Å². The van der Waals surface area contributed by atoms with E-state index in [1.807, 2.05) is 6.92 Å². The lowest BCUT2D eigenvalue weighted by Crippen LogP contribution is -2.30. The molecular formula is C13H18N2O2S. The molecule has 0 spiro atoms. The van der Waals surface area contributed by atoms with Crippen LogP contribution in [0.2, 0.25) is 0 Å². The fraction of sp³-hybridized carbons (Fsp3) is 0.462. The van der Waals surface area contributed by atoms with Crippen molar-refractivity contribution in [2.24, 2.45) is 5.92 Å². The Morgan fingerprint density at radius 3 is 2.83 bits per heavy atom. The molecule has 3 N–H and O–H groups in total. The number of amides is 1. The van der Waals surface area contributed by atoms with Crippen LogP contribution in [0.5, 0.6) is 0 Å². The minimum atomic E-state index is -1.30. The number of carbonyl (C=O) groups excluding carboxylic acids is 1. The highest BCUT2D eigenvalue weighted by atomic mass is 32.2. The summed E-state index contributed by atoms with van der Waals surface area (Å²) in [5.41, 5.74) is 7.15. The zero-order valence-electron chi connectivity index (χ0n) is 10.4. The van der Waals surface area contributed by atoms with Gasteiger partial charge < -0.3 is 11.1 Å². The summed E-state index contributed by atoms with van der Waals surface area (Å²) < 4.78 is 12.1. The molecule has 0 aromatic heterocycles. The summed E-state index contributed by atoms with van der Waals surface area (Å²) >= 11 is 0. The maximum atomic E-state index is 12.1. The van der Waals surface area contributed by atoms with Gasteiger partial charge in [0.05, 0.1) is 10.8 Å². The molecular weight excluding hydrogens is 248 g/mol. The molecule has 1 saturated carbocycles. The Balaban J connectivity index is 1.91. The third-order valence-corrected chi connectivity index (χ3v) is 4.46. The summed E-state index contributed by atoms with van der Waals surface area (Å²) in [5.74, 6) is 0.523. The Labute approximate surface area is 109 Å². The lowest BCUT2D eigenvalue weighted by atomic mass is 10.2. The first-order valence-corrected chi connectivity index (χ1v) is 7.39. The number of benzene rings is 1. The van der Waals surface area contributed by atoms with E-state index < -0.39 is 10.8 Å². The fourth-order valence-electron chi connectivity index (χ4n) is 1.76. The Hall–Kier alpha value is -1.36. The van der Waals surface area contributed by atoms with Crippen LogP contribution in [0.1, 0.15) is 18.4 Å². The van der Waals surface area contributed by atoms with Crippen molar-refractivity contribution in [3.63, 3.8) is 0 Å². The van der Waals surface area contributed by atoms with E-state index in [-0.39, 0.29) is 11.7 Å². The largest absolute Gasteiger partial charge is 0.399 e. The van der Waals surface area contributed by atoms with Gasteiger partial charge in [0.25, 0.3) is 0 Å². The van der Waals surface area contributed by atoms with Crippen molar-refractivity contribution in [3.8, 4) is 0 Å². The molecule has 1 aromatic rings. The van der Waals surface area contributed by atoms with Crippen LogP contribution in [-0.4, -0.2) is 22.4 Å². The normalized spacial score (nSPS) is 16.3. The number of rotatable bonds is 5. The van der Waals surface area contributed by atoms with Crippen molar-refractivity contribution in [3.05, 3.63) is 23.8 Å². The van der Waals surface area contributed by atoms with E-state index in [0.29, 0.717) is 16.5 Å². The SMILES string of the molecule is Cc1cc(N)ccc1S(=O)CC(=O)NCC1CC1. The second-order valence-electron chi connectivity index (χ2n) is 4.76. The molecule has 1 aliphatic carbocycles. The number of hydrogen-bond donors (Lipinski definition) is 2. The van der Waals surface area contributed by atoms with Gasteiger partial charge in [-0.1, -0.05) is 0 Å². The van der Waals surface area contributed by atoms with Crippen LogP contribution in [0.25, 0.3) is 0 Å². The van der Waals surface area contributed by atoms with Crippen LogP contribution in [0, 0.1) is 12.8 Å². The lowest BCUT2D eigenvalue weighted by molar-refractivity contribution is -0.118. The van der Waals surface area contributed by atoms with Crippen LogP contribution < -0.4 is 11.1 Å². The molecule has 0 radical (unpaired) electrons. The number of nitrogens with two attached hydrogens (primary N) is 1. The van der Waals surface area contributed by atoms with Crippen LogP contribution >= 0.6 is 0 Å². The van der Waals surface area contributed by atoms with Crippen molar-refractivity contribution >= 4 is 22.4 Å². The Morgan fingerprint density at radius 2 is 2.22 bits per heavy atom. The summed E-state index contributed by atoms with van der Waals surface area (Å²) in [5, 5.41) is 2.82. The minimum Gasteiger partial charge on any atom is -0.399 e. The van der Waals surface area contributed by atoms with Gasteiger partial charge in [-0.25, -0.2) is 0 Å². The molecule has 1 unspecified atom stereocenters. The number of anilines is 1. The van der Waals surface area contributed by atoms with Gasteiger partial charge in [-0.3, -0.25) is 9.00 Å². The first-order valence-electron chi connectivity index (χ1n) is 6.07. The standard InChI is InChI=1S/C13H18N2O2S/c1-9-6-11(14)4-5-12(9)18(17)8-13(16)15-7-10-2-3-10/h4-6,10H,2-3,7-8,14H2,1H3,(H,15,16). The Morgan fingerprint density at radius 1 is 1.50 bits per heavy atom. The van der Waals surface area contributed by atoms with E-state index in [0.717, 1.165) is 12.1 Å². The van der Waals surface area contributed by atoms with E-state index in [1.165, 1.54) is 12.8 Å². The van der Waals surface area contributed by atoms with Crippen LogP contribution in [0.15, 0.2) is 23.1 Å². The van der Waals surface area contributed by atoms with Gasteiger partial charge in [0.1, 0.15) is 5.75 Å². The molecule has 1 aromatic carbocycles. The van der Waals surface area contributed by atoms with Gasteiger partial charge in [-0.15, -0.1) is 0 Å². The maximum Gasteiger partial charge on any atom is 0.233 e. The molecule has 4 nitrogen and oxygen atoms in total. The van der Waals surface area contributed by atoms with Gasteiger partial charge in [0, 0.05) is 17.1 Å². The Bertz CT molecular complexity index is 484. The molecule has 18 heavy (non-hydrogen) atoms. The zero-order valence-corrected chi connectivity index (χ0v) is 11.3. The number of nitrogens with one attached hydrogen (secondary N) is 1. The summed E-state index contributed by atoms with van der Waals surface area (Å²) in [7, 11) is -1.30. The predicted molar refractivity (Wildman–Crippen MR) is 72.6 cm³/mol. The molecule has 0 heterocycles. The van der Waals surface area contributed by atoms with Crippen LogP contribution in [-0.2, 0) is 15.6 Å². The van der Waals surface area contributed by atoms with E-state index in [2.05, 4.69) is 5.32 Å². The average molecular weight is 266 g/mol. The van der Waals surface area contributed by atoms with E-state index in [4.69, 9.17) is 5.73 Å². The smallest absolute Gasteiger partial charge is 0.233 e. The summed E-state index contributed by atoms with van der Waals surface area (Å²) in [6, 6.07) is 5.21. The number of aryl methyl sites for hydroxylation is 1. The number of nitrogen functional groups attached to an aromatic ring is 1. The van der Waals surface area contributed by atoms with Gasteiger partial charge in [-0.2, -0.15) is 0 Å². The van der Waals surface area contributed by atoms with Crippen molar-refractivity contribution in [2.75, 3.05) is 18.0 Å². The van der Waals surface area contributed by atoms with Gasteiger partial charge in [0.2, 0.25) is 5.91 Å². The van der Waals surface area contributed by atoms with Gasteiger partial charge in [0.15, 0.2) is 0 Å². The monoisotopic (exact) mass is 266 g/mol. The Kier molecular flexibility index (Phi) is 4.01. The third-order valence-electron chi connectivity index (χ3n) is 2.99. The lowest BCUT2D eigenvalue weighted by Gasteiger charge is -2.07. The molecule has 0 saturated heterocycles. The molecule has 2 rings (SSSR count). The molecule has 5 heteroatoms. The van der Waals surface area contributed by atoms with Crippen molar-refractivity contribution in [2.45, 2.75) is 24.7 Å².